The first-order chi connectivity index (χ1) is 13.1. The highest BCUT2D eigenvalue weighted by Gasteiger charge is 2.04. The van der Waals surface area contributed by atoms with E-state index in [0.717, 1.165) is 35.6 Å². The van der Waals surface area contributed by atoms with Crippen LogP contribution in [-0.4, -0.2) is 25.5 Å². The molecule has 0 atom stereocenters. The van der Waals surface area contributed by atoms with Crippen LogP contribution in [0.2, 0.25) is 0 Å². The van der Waals surface area contributed by atoms with Crippen LogP contribution in [0.4, 0.5) is 0 Å². The Bertz CT molecular complexity index is 687. The zero-order chi connectivity index (χ0) is 19.9. The smallest absolute Gasteiger partial charge is 0.161 e. The van der Waals surface area contributed by atoms with Crippen LogP contribution in [0.15, 0.2) is 60.9 Å². The summed E-state index contributed by atoms with van der Waals surface area (Å²) in [6, 6.07) is 5.90. The van der Waals surface area contributed by atoms with Crippen LogP contribution in [-0.2, 0) is 4.79 Å². The average Bonchev–Trinajstić information content (AvgIpc) is 2.64. The van der Waals surface area contributed by atoms with Crippen molar-refractivity contribution < 1.29 is 14.3 Å². The number of nitrogens with one attached hydrogen (secondary N) is 1. The number of carbonyl (C=O) groups excluding carboxylic acids is 1. The average molecular weight is 370 g/mol. The summed E-state index contributed by atoms with van der Waals surface area (Å²) in [4.78, 5) is 10.9. The zero-order valence-corrected chi connectivity index (χ0v) is 16.7. The van der Waals surface area contributed by atoms with E-state index in [0.29, 0.717) is 19.6 Å². The Morgan fingerprint density at radius 3 is 2.56 bits per heavy atom. The fourth-order valence-corrected chi connectivity index (χ4v) is 2.34. The molecule has 1 rings (SSSR count). The zero-order valence-electron chi connectivity index (χ0n) is 16.7. The first kappa shape index (κ1) is 22.3. The van der Waals surface area contributed by atoms with Gasteiger partial charge in [0.2, 0.25) is 0 Å². The van der Waals surface area contributed by atoms with E-state index >= 15 is 0 Å². The summed E-state index contributed by atoms with van der Waals surface area (Å²) >= 11 is 0. The van der Waals surface area contributed by atoms with Gasteiger partial charge in [0, 0.05) is 13.0 Å². The molecule has 0 saturated carbocycles. The standard InChI is InChI=1S/C23H31NO3/c1-5-9-20(15-17-24-16-8-10-19(4)25)11-12-21-13-14-22(26-6-2)23(18-21)27-7-3/h5,9,11-15,17-18,24H,1,6-8,10,16H2,2-4H3/b12-11+,17-15-,20-9-. The van der Waals surface area contributed by atoms with E-state index in [1.54, 1.807) is 13.0 Å². The summed E-state index contributed by atoms with van der Waals surface area (Å²) in [6.45, 7) is 11.3. The van der Waals surface area contributed by atoms with E-state index in [-0.39, 0.29) is 5.78 Å². The summed E-state index contributed by atoms with van der Waals surface area (Å²) < 4.78 is 11.3. The monoisotopic (exact) mass is 369 g/mol. The van der Waals surface area contributed by atoms with Crippen molar-refractivity contribution in [3.63, 3.8) is 0 Å². The number of carbonyl (C=O) groups is 1. The topological polar surface area (TPSA) is 47.6 Å². The molecule has 0 radical (unpaired) electrons. The quantitative estimate of drug-likeness (QED) is 0.389. The number of allylic oxidation sites excluding steroid dienone is 5. The fourth-order valence-electron chi connectivity index (χ4n) is 2.34. The molecule has 0 aromatic heterocycles. The number of Topliss-reactive ketones (excluding diaryl/α,β-unsaturated/α-hetero) is 1. The number of ether oxygens (including phenoxy) is 2. The van der Waals surface area contributed by atoms with Crippen molar-refractivity contribution in [2.75, 3.05) is 19.8 Å². The maximum Gasteiger partial charge on any atom is 0.161 e. The van der Waals surface area contributed by atoms with Gasteiger partial charge >= 0.3 is 0 Å². The molecule has 0 unspecified atom stereocenters. The SMILES string of the molecule is C=C/C=C(\C=C/NCCCC(C)=O)/C=C/c1ccc(OCC)c(OCC)c1. The second-order valence-electron chi connectivity index (χ2n) is 5.90. The number of hydrogen-bond acceptors (Lipinski definition) is 4. The summed E-state index contributed by atoms with van der Waals surface area (Å²) in [5, 5.41) is 3.20. The molecule has 1 aromatic rings. The molecule has 0 amide bonds. The Morgan fingerprint density at radius 2 is 1.89 bits per heavy atom. The van der Waals surface area contributed by atoms with Crippen LogP contribution in [0, 0.1) is 0 Å². The van der Waals surface area contributed by atoms with Gasteiger partial charge in [-0.1, -0.05) is 36.9 Å². The summed E-state index contributed by atoms with van der Waals surface area (Å²) in [6.07, 6.45) is 13.0. The van der Waals surface area contributed by atoms with Crippen LogP contribution in [0.1, 0.15) is 39.2 Å². The lowest BCUT2D eigenvalue weighted by molar-refractivity contribution is -0.117. The minimum Gasteiger partial charge on any atom is -0.490 e. The highest BCUT2D eigenvalue weighted by molar-refractivity contribution is 5.75. The van der Waals surface area contributed by atoms with Gasteiger partial charge in [-0.25, -0.2) is 0 Å². The molecule has 1 N–H and O–H groups in total. The van der Waals surface area contributed by atoms with E-state index < -0.39 is 0 Å². The lowest BCUT2D eigenvalue weighted by Gasteiger charge is -2.11. The predicted molar refractivity (Wildman–Crippen MR) is 113 cm³/mol. The van der Waals surface area contributed by atoms with Gasteiger partial charge in [-0.05, 0) is 62.7 Å². The van der Waals surface area contributed by atoms with Crippen LogP contribution in [0.25, 0.3) is 6.08 Å². The molecular formula is C23H31NO3. The Labute approximate surface area is 163 Å². The van der Waals surface area contributed by atoms with Gasteiger partial charge in [0.1, 0.15) is 5.78 Å². The minimum absolute atomic E-state index is 0.220. The molecule has 0 spiro atoms. The maximum atomic E-state index is 10.9. The van der Waals surface area contributed by atoms with E-state index in [1.807, 2.05) is 62.6 Å². The fraction of sp³-hybridized carbons (Fsp3) is 0.348. The van der Waals surface area contributed by atoms with Crippen molar-refractivity contribution in [2.45, 2.75) is 33.6 Å². The molecule has 0 saturated heterocycles. The van der Waals surface area contributed by atoms with Gasteiger partial charge in [0.05, 0.1) is 13.2 Å². The largest absolute Gasteiger partial charge is 0.490 e. The van der Waals surface area contributed by atoms with E-state index in [1.165, 1.54) is 0 Å². The van der Waals surface area contributed by atoms with Crippen LogP contribution < -0.4 is 14.8 Å². The van der Waals surface area contributed by atoms with Crippen molar-refractivity contribution in [2.24, 2.45) is 0 Å². The van der Waals surface area contributed by atoms with E-state index in [4.69, 9.17) is 9.47 Å². The number of ketones is 1. The minimum atomic E-state index is 0.220. The Kier molecular flexibility index (Phi) is 11.1. The van der Waals surface area contributed by atoms with E-state index in [2.05, 4.69) is 11.9 Å². The normalized spacial score (nSPS) is 11.7. The molecule has 0 bridgehead atoms. The predicted octanol–water partition coefficient (Wildman–Crippen LogP) is 5.08. The number of benzene rings is 1. The maximum absolute atomic E-state index is 10.9. The van der Waals surface area contributed by atoms with Crippen LogP contribution in [0.3, 0.4) is 0 Å². The molecule has 0 aliphatic rings. The Hall–Kier alpha value is -2.75. The molecule has 0 aliphatic heterocycles. The lowest BCUT2D eigenvalue weighted by Crippen LogP contribution is -2.08. The molecule has 27 heavy (non-hydrogen) atoms. The van der Waals surface area contributed by atoms with Crippen LogP contribution >= 0.6 is 0 Å². The lowest BCUT2D eigenvalue weighted by atomic mass is 10.1. The van der Waals surface area contributed by atoms with Gasteiger partial charge in [-0.2, -0.15) is 0 Å². The third-order valence-electron chi connectivity index (χ3n) is 3.59. The van der Waals surface area contributed by atoms with Crippen molar-refractivity contribution in [3.8, 4) is 11.5 Å². The van der Waals surface area contributed by atoms with Crippen LogP contribution in [0.5, 0.6) is 11.5 Å². The van der Waals surface area contributed by atoms with Crippen molar-refractivity contribution in [1.82, 2.24) is 5.32 Å². The molecule has 0 aliphatic carbocycles. The van der Waals surface area contributed by atoms with Crippen molar-refractivity contribution in [1.29, 1.82) is 0 Å². The second kappa shape index (κ2) is 13.5. The molecule has 146 valence electrons. The molecule has 4 heteroatoms. The summed E-state index contributed by atoms with van der Waals surface area (Å²) in [7, 11) is 0. The first-order valence-corrected chi connectivity index (χ1v) is 9.40. The first-order valence-electron chi connectivity index (χ1n) is 9.40. The van der Waals surface area contributed by atoms with Gasteiger partial charge in [-0.3, -0.25) is 0 Å². The van der Waals surface area contributed by atoms with Gasteiger partial charge in [0.15, 0.2) is 11.5 Å². The molecule has 4 nitrogen and oxygen atoms in total. The van der Waals surface area contributed by atoms with E-state index in [9.17, 15) is 4.79 Å². The van der Waals surface area contributed by atoms with Gasteiger partial charge in [0.25, 0.3) is 0 Å². The van der Waals surface area contributed by atoms with Gasteiger partial charge < -0.3 is 19.6 Å². The molecule has 1 aromatic carbocycles. The van der Waals surface area contributed by atoms with Crippen molar-refractivity contribution in [3.05, 3.63) is 66.4 Å². The third kappa shape index (κ3) is 9.50. The third-order valence-corrected chi connectivity index (χ3v) is 3.59. The number of hydrogen-bond donors (Lipinski definition) is 1. The van der Waals surface area contributed by atoms with Gasteiger partial charge in [-0.15, -0.1) is 0 Å². The molecule has 0 heterocycles. The molecular weight excluding hydrogens is 338 g/mol. The molecule has 0 fully saturated rings. The summed E-state index contributed by atoms with van der Waals surface area (Å²) in [5.74, 6) is 1.73. The number of rotatable bonds is 13. The summed E-state index contributed by atoms with van der Waals surface area (Å²) in [5.41, 5.74) is 2.04. The Morgan fingerprint density at radius 1 is 1.15 bits per heavy atom. The highest BCUT2D eigenvalue weighted by atomic mass is 16.5. The second-order valence-corrected chi connectivity index (χ2v) is 5.90. The Balaban J connectivity index is 2.74. The highest BCUT2D eigenvalue weighted by Crippen LogP contribution is 2.29. The van der Waals surface area contributed by atoms with Crippen molar-refractivity contribution >= 4 is 11.9 Å².